The number of hydrogen-bond acceptors (Lipinski definition) is 6. The Balaban J connectivity index is 1.44. The number of aryl methyl sites for hydroxylation is 1. The second-order valence-electron chi connectivity index (χ2n) is 6.29. The molecule has 7 nitrogen and oxygen atoms in total. The van der Waals surface area contributed by atoms with Gasteiger partial charge in [-0.2, -0.15) is 0 Å². The number of thiophene rings is 1. The van der Waals surface area contributed by atoms with E-state index in [2.05, 4.69) is 5.32 Å². The summed E-state index contributed by atoms with van der Waals surface area (Å²) in [7, 11) is 1.59. The fourth-order valence-electron chi connectivity index (χ4n) is 2.95. The van der Waals surface area contributed by atoms with Crippen molar-refractivity contribution in [3.8, 4) is 11.5 Å². The number of anilines is 1. The molecule has 150 valence electrons. The lowest BCUT2D eigenvalue weighted by Gasteiger charge is -2.12. The highest BCUT2D eigenvalue weighted by Gasteiger charge is 2.32. The zero-order valence-electron chi connectivity index (χ0n) is 16.0. The van der Waals surface area contributed by atoms with Gasteiger partial charge in [-0.25, -0.2) is 4.79 Å². The summed E-state index contributed by atoms with van der Waals surface area (Å²) in [5.74, 6) is 1.27. The molecule has 3 rings (SSSR count). The Morgan fingerprint density at radius 2 is 2.21 bits per heavy atom. The number of hydrogen-bond donors (Lipinski definition) is 1. The van der Waals surface area contributed by atoms with Crippen molar-refractivity contribution in [3.05, 3.63) is 41.3 Å². The van der Waals surface area contributed by atoms with Gasteiger partial charge in [-0.1, -0.05) is 6.07 Å². The van der Waals surface area contributed by atoms with Gasteiger partial charge < -0.3 is 19.5 Å². The van der Waals surface area contributed by atoms with Crippen molar-refractivity contribution in [2.45, 2.75) is 25.9 Å². The van der Waals surface area contributed by atoms with Crippen molar-refractivity contribution in [3.63, 3.8) is 0 Å². The van der Waals surface area contributed by atoms with Gasteiger partial charge in [0.1, 0.15) is 11.1 Å². The smallest absolute Gasteiger partial charge is 0.415 e. The van der Waals surface area contributed by atoms with Gasteiger partial charge in [0.25, 0.3) is 0 Å². The Morgan fingerprint density at radius 3 is 2.93 bits per heavy atom. The maximum Gasteiger partial charge on any atom is 0.415 e. The third-order valence-electron chi connectivity index (χ3n) is 4.34. The first kappa shape index (κ1) is 20.0. The average Bonchev–Trinajstić information content (AvgIpc) is 3.35. The van der Waals surface area contributed by atoms with Crippen LogP contribution in [0, 0.1) is 0 Å². The normalized spacial score (nSPS) is 16.0. The van der Waals surface area contributed by atoms with E-state index in [1.165, 1.54) is 11.3 Å². The molecule has 1 atom stereocenters. The molecule has 0 saturated carbocycles. The molecular weight excluding hydrogens is 380 g/mol. The van der Waals surface area contributed by atoms with E-state index in [0.29, 0.717) is 44.0 Å². The maximum atomic E-state index is 12.2. The molecule has 28 heavy (non-hydrogen) atoms. The highest BCUT2D eigenvalue weighted by molar-refractivity contribution is 7.14. The first-order chi connectivity index (χ1) is 13.6. The van der Waals surface area contributed by atoms with Crippen LogP contribution in [0.2, 0.25) is 0 Å². The number of cyclic esters (lactones) is 1. The van der Waals surface area contributed by atoms with Gasteiger partial charge >= 0.3 is 6.09 Å². The second-order valence-corrected chi connectivity index (χ2v) is 7.22. The zero-order valence-corrected chi connectivity index (χ0v) is 16.8. The van der Waals surface area contributed by atoms with E-state index in [4.69, 9.17) is 14.2 Å². The molecule has 1 saturated heterocycles. The van der Waals surface area contributed by atoms with Crippen LogP contribution < -0.4 is 19.7 Å². The number of amides is 2. The second kappa shape index (κ2) is 9.45. The molecule has 2 aromatic rings. The summed E-state index contributed by atoms with van der Waals surface area (Å²) in [6.07, 6.45) is 0.208. The van der Waals surface area contributed by atoms with E-state index in [9.17, 15) is 9.59 Å². The lowest BCUT2D eigenvalue weighted by atomic mass is 10.1. The number of carbonyl (C=O) groups is 2. The van der Waals surface area contributed by atoms with Crippen LogP contribution in [-0.2, 0) is 16.0 Å². The molecule has 0 aliphatic carbocycles. The monoisotopic (exact) mass is 404 g/mol. The van der Waals surface area contributed by atoms with Crippen molar-refractivity contribution in [2.24, 2.45) is 0 Å². The van der Waals surface area contributed by atoms with Crippen LogP contribution in [0.15, 0.2) is 35.7 Å². The highest BCUT2D eigenvalue weighted by Crippen LogP contribution is 2.28. The minimum atomic E-state index is -0.372. The van der Waals surface area contributed by atoms with E-state index < -0.39 is 0 Å². The predicted molar refractivity (Wildman–Crippen MR) is 107 cm³/mol. The van der Waals surface area contributed by atoms with Crippen molar-refractivity contribution in [1.29, 1.82) is 0 Å². The Kier molecular flexibility index (Phi) is 6.76. The first-order valence-electron chi connectivity index (χ1n) is 9.18. The topological polar surface area (TPSA) is 77.1 Å². The molecule has 2 amide bonds. The molecule has 0 radical (unpaired) electrons. The minimum absolute atomic E-state index is 0.0847. The van der Waals surface area contributed by atoms with Gasteiger partial charge in [-0.15, -0.1) is 11.3 Å². The van der Waals surface area contributed by atoms with Gasteiger partial charge in [-0.3, -0.25) is 9.69 Å². The van der Waals surface area contributed by atoms with Crippen molar-refractivity contribution < 1.29 is 23.8 Å². The molecule has 0 spiro atoms. The third kappa shape index (κ3) is 4.95. The minimum Gasteiger partial charge on any atom is -0.493 e. The Labute approximate surface area is 168 Å². The molecule has 1 aliphatic heterocycles. The highest BCUT2D eigenvalue weighted by atomic mass is 32.1. The van der Waals surface area contributed by atoms with E-state index in [1.807, 2.05) is 42.6 Å². The number of methoxy groups -OCH3 is 1. The fraction of sp³-hybridized carbons (Fsp3) is 0.400. The summed E-state index contributed by atoms with van der Waals surface area (Å²) >= 11 is 1.48. The van der Waals surface area contributed by atoms with Gasteiger partial charge in [0, 0.05) is 6.42 Å². The summed E-state index contributed by atoms with van der Waals surface area (Å²) in [5.41, 5.74) is 0.992. The van der Waals surface area contributed by atoms with E-state index >= 15 is 0 Å². The molecule has 1 aliphatic rings. The molecule has 2 heterocycles. The summed E-state index contributed by atoms with van der Waals surface area (Å²) in [6.45, 7) is 3.22. The molecule has 1 aromatic carbocycles. The van der Waals surface area contributed by atoms with Gasteiger partial charge in [-0.05, 0) is 48.6 Å². The van der Waals surface area contributed by atoms with Crippen molar-refractivity contribution in [1.82, 2.24) is 5.32 Å². The van der Waals surface area contributed by atoms with Crippen LogP contribution in [0.5, 0.6) is 11.5 Å². The van der Waals surface area contributed by atoms with Crippen LogP contribution in [0.1, 0.15) is 18.9 Å². The summed E-state index contributed by atoms with van der Waals surface area (Å²) in [4.78, 5) is 25.7. The Hall–Kier alpha value is -2.74. The predicted octanol–water partition coefficient (Wildman–Crippen LogP) is 3.23. The Morgan fingerprint density at radius 1 is 1.36 bits per heavy atom. The van der Waals surface area contributed by atoms with Crippen LogP contribution in [0.25, 0.3) is 0 Å². The maximum absolute atomic E-state index is 12.2. The molecule has 0 bridgehead atoms. The SMILES string of the molecule is CCOc1ccc(CCC(=O)NCC2CN(c3cccs3)C(=O)O2)cc1OC. The molecule has 1 N–H and O–H groups in total. The fourth-order valence-corrected chi connectivity index (χ4v) is 3.68. The third-order valence-corrected chi connectivity index (χ3v) is 5.23. The van der Waals surface area contributed by atoms with Gasteiger partial charge in [0.2, 0.25) is 5.91 Å². The number of benzene rings is 1. The van der Waals surface area contributed by atoms with Crippen LogP contribution in [0.4, 0.5) is 9.80 Å². The molecular formula is C20H24N2O5S. The van der Waals surface area contributed by atoms with E-state index in [0.717, 1.165) is 10.6 Å². The number of carbonyl (C=O) groups excluding carboxylic acids is 2. The van der Waals surface area contributed by atoms with Crippen LogP contribution in [-0.4, -0.2) is 44.9 Å². The molecule has 1 aromatic heterocycles. The number of nitrogens with one attached hydrogen (secondary N) is 1. The molecule has 1 unspecified atom stereocenters. The quantitative estimate of drug-likeness (QED) is 0.694. The number of rotatable bonds is 9. The summed E-state index contributed by atoms with van der Waals surface area (Å²) in [5, 5.41) is 5.61. The summed E-state index contributed by atoms with van der Waals surface area (Å²) < 4.78 is 16.2. The van der Waals surface area contributed by atoms with Crippen molar-refractivity contribution >= 4 is 28.3 Å². The van der Waals surface area contributed by atoms with Crippen molar-refractivity contribution in [2.75, 3.05) is 31.7 Å². The average molecular weight is 404 g/mol. The van der Waals surface area contributed by atoms with E-state index in [1.54, 1.807) is 12.0 Å². The lowest BCUT2D eigenvalue weighted by Crippen LogP contribution is -2.34. The number of nitrogens with zero attached hydrogens (tertiary/aromatic N) is 1. The zero-order chi connectivity index (χ0) is 19.9. The Bertz CT molecular complexity index is 809. The van der Waals surface area contributed by atoms with Gasteiger partial charge in [0.15, 0.2) is 11.5 Å². The number of ether oxygens (including phenoxy) is 3. The standard InChI is InChI=1S/C20H24N2O5S/c1-3-26-16-8-6-14(11-17(16)25-2)7-9-18(23)21-12-15-13-22(20(24)27-15)19-5-4-10-28-19/h4-6,8,10-11,15H,3,7,9,12-13H2,1-2H3,(H,21,23). The first-order valence-corrected chi connectivity index (χ1v) is 10.1. The van der Waals surface area contributed by atoms with E-state index in [-0.39, 0.29) is 18.1 Å². The molecule has 8 heteroatoms. The lowest BCUT2D eigenvalue weighted by molar-refractivity contribution is -0.121. The van der Waals surface area contributed by atoms with Crippen LogP contribution in [0.3, 0.4) is 0 Å². The van der Waals surface area contributed by atoms with Crippen LogP contribution >= 0.6 is 11.3 Å². The molecule has 1 fully saturated rings. The largest absolute Gasteiger partial charge is 0.493 e. The van der Waals surface area contributed by atoms with Gasteiger partial charge in [0.05, 0.1) is 26.8 Å². The summed E-state index contributed by atoms with van der Waals surface area (Å²) in [6, 6.07) is 9.43.